The molecule has 0 bridgehead atoms. The minimum atomic E-state index is -0.780. The van der Waals surface area contributed by atoms with Gasteiger partial charge in [0.2, 0.25) is 5.91 Å². The Labute approximate surface area is 218 Å². The molecule has 1 fully saturated rings. The summed E-state index contributed by atoms with van der Waals surface area (Å²) in [5.41, 5.74) is 2.18. The van der Waals surface area contributed by atoms with E-state index in [9.17, 15) is 9.59 Å². The predicted molar refractivity (Wildman–Crippen MR) is 142 cm³/mol. The number of rotatable bonds is 9. The van der Waals surface area contributed by atoms with E-state index in [0.29, 0.717) is 45.3 Å². The molecule has 1 heterocycles. The van der Waals surface area contributed by atoms with Crippen molar-refractivity contribution < 1.29 is 23.8 Å². The summed E-state index contributed by atoms with van der Waals surface area (Å²) in [5, 5.41) is 2.89. The van der Waals surface area contributed by atoms with Gasteiger partial charge in [-0.05, 0) is 47.4 Å². The number of methoxy groups -OCH3 is 2. The van der Waals surface area contributed by atoms with Gasteiger partial charge in [0.15, 0.2) is 0 Å². The van der Waals surface area contributed by atoms with Crippen LogP contribution in [0.25, 0.3) is 0 Å². The number of likely N-dealkylation sites (tertiary alicyclic amines) is 1. The topological polar surface area (TPSA) is 77.1 Å². The maximum atomic E-state index is 13.0. The van der Waals surface area contributed by atoms with Crippen molar-refractivity contribution in [2.45, 2.75) is 31.3 Å². The number of carbonyl (C=O) groups is 2. The van der Waals surface area contributed by atoms with E-state index in [1.165, 1.54) is 0 Å². The lowest BCUT2D eigenvalue weighted by Crippen LogP contribution is -2.48. The molecular weight excluding hydrogens is 468 g/mol. The van der Waals surface area contributed by atoms with Crippen LogP contribution in [-0.4, -0.2) is 50.8 Å². The number of carbonyl (C=O) groups excluding carboxylic acids is 2. The fourth-order valence-electron chi connectivity index (χ4n) is 4.69. The van der Waals surface area contributed by atoms with E-state index < -0.39 is 11.7 Å². The Kier molecular flexibility index (Phi) is 8.67. The molecule has 37 heavy (non-hydrogen) atoms. The zero-order valence-electron chi connectivity index (χ0n) is 21.4. The SMILES string of the molecule is COc1ccc(CCNC(=O)OC2(c3ccccc3)CCN(C(=O)Cc3cccc(OC)c3)CC2)cc1. The van der Waals surface area contributed by atoms with E-state index in [2.05, 4.69) is 5.32 Å². The van der Waals surface area contributed by atoms with Gasteiger partial charge in [0.1, 0.15) is 17.1 Å². The van der Waals surface area contributed by atoms with Gasteiger partial charge < -0.3 is 24.4 Å². The lowest BCUT2D eigenvalue weighted by molar-refractivity contribution is -0.135. The minimum Gasteiger partial charge on any atom is -0.497 e. The van der Waals surface area contributed by atoms with E-state index in [1.807, 2.05) is 83.8 Å². The first kappa shape index (κ1) is 26.1. The van der Waals surface area contributed by atoms with Crippen LogP contribution in [0.15, 0.2) is 78.9 Å². The van der Waals surface area contributed by atoms with Crippen molar-refractivity contribution in [3.63, 3.8) is 0 Å². The van der Waals surface area contributed by atoms with Crippen molar-refractivity contribution in [1.29, 1.82) is 0 Å². The van der Waals surface area contributed by atoms with Crippen LogP contribution in [0.1, 0.15) is 29.5 Å². The van der Waals surface area contributed by atoms with Gasteiger partial charge in [0.25, 0.3) is 0 Å². The lowest BCUT2D eigenvalue weighted by Gasteiger charge is -2.41. The summed E-state index contributed by atoms with van der Waals surface area (Å²) in [7, 11) is 3.25. The van der Waals surface area contributed by atoms with Crippen molar-refractivity contribution in [3.05, 3.63) is 95.6 Å². The zero-order chi connectivity index (χ0) is 26.1. The van der Waals surface area contributed by atoms with E-state index in [-0.39, 0.29) is 5.91 Å². The Bertz CT molecular complexity index is 1170. The Morgan fingerprint density at radius 2 is 1.54 bits per heavy atom. The van der Waals surface area contributed by atoms with Gasteiger partial charge in [-0.25, -0.2) is 4.79 Å². The highest BCUT2D eigenvalue weighted by Gasteiger charge is 2.41. The average Bonchev–Trinajstić information content (AvgIpc) is 2.94. The van der Waals surface area contributed by atoms with E-state index >= 15 is 0 Å². The number of hydrogen-bond acceptors (Lipinski definition) is 5. The molecule has 194 valence electrons. The molecule has 1 aliphatic rings. The molecule has 3 aromatic carbocycles. The molecule has 0 aromatic heterocycles. The predicted octanol–water partition coefficient (Wildman–Crippen LogP) is 4.73. The number of amides is 2. The molecule has 2 amide bonds. The Morgan fingerprint density at radius 1 is 0.838 bits per heavy atom. The third-order valence-electron chi connectivity index (χ3n) is 6.84. The monoisotopic (exact) mass is 502 g/mol. The van der Waals surface area contributed by atoms with Gasteiger partial charge >= 0.3 is 6.09 Å². The number of nitrogens with zero attached hydrogens (tertiary/aromatic N) is 1. The minimum absolute atomic E-state index is 0.0545. The molecule has 7 heteroatoms. The van der Waals surface area contributed by atoms with E-state index in [0.717, 1.165) is 28.2 Å². The molecule has 0 saturated carbocycles. The Hall–Kier alpha value is -4.00. The summed E-state index contributed by atoms with van der Waals surface area (Å²) in [5.74, 6) is 1.59. The van der Waals surface area contributed by atoms with Crippen LogP contribution < -0.4 is 14.8 Å². The van der Waals surface area contributed by atoms with Gasteiger partial charge in [-0.15, -0.1) is 0 Å². The zero-order valence-corrected chi connectivity index (χ0v) is 21.4. The first-order chi connectivity index (χ1) is 18.0. The fraction of sp³-hybridized carbons (Fsp3) is 0.333. The van der Waals surface area contributed by atoms with E-state index in [4.69, 9.17) is 14.2 Å². The molecule has 0 radical (unpaired) electrons. The second-order valence-electron chi connectivity index (χ2n) is 9.18. The summed E-state index contributed by atoms with van der Waals surface area (Å²) in [6, 6.07) is 25.1. The largest absolute Gasteiger partial charge is 0.497 e. The maximum Gasteiger partial charge on any atom is 0.408 e. The van der Waals surface area contributed by atoms with Gasteiger partial charge in [-0.2, -0.15) is 0 Å². The van der Waals surface area contributed by atoms with E-state index in [1.54, 1.807) is 14.2 Å². The third kappa shape index (κ3) is 6.82. The number of alkyl carbamates (subject to hydrolysis) is 1. The highest BCUT2D eigenvalue weighted by molar-refractivity contribution is 5.79. The number of piperidine rings is 1. The Balaban J connectivity index is 1.36. The Morgan fingerprint density at radius 3 is 2.22 bits per heavy atom. The van der Waals surface area contributed by atoms with Crippen LogP contribution in [0, 0.1) is 0 Å². The van der Waals surface area contributed by atoms with Crippen molar-refractivity contribution in [3.8, 4) is 11.5 Å². The molecule has 0 spiro atoms. The van der Waals surface area contributed by atoms with Crippen LogP contribution >= 0.6 is 0 Å². The van der Waals surface area contributed by atoms with Crippen molar-refractivity contribution in [1.82, 2.24) is 10.2 Å². The highest BCUT2D eigenvalue weighted by atomic mass is 16.6. The molecule has 0 aliphatic carbocycles. The normalized spacial score (nSPS) is 14.5. The molecule has 4 rings (SSSR count). The van der Waals surface area contributed by atoms with Gasteiger partial charge in [-0.3, -0.25) is 4.79 Å². The molecule has 1 saturated heterocycles. The molecule has 1 N–H and O–H groups in total. The summed E-state index contributed by atoms with van der Waals surface area (Å²) in [6.45, 7) is 1.48. The fourth-order valence-corrected chi connectivity index (χ4v) is 4.69. The van der Waals surface area contributed by atoms with Crippen LogP contribution in [0.3, 0.4) is 0 Å². The second kappa shape index (κ2) is 12.3. The van der Waals surface area contributed by atoms with Crippen LogP contribution in [0.2, 0.25) is 0 Å². The van der Waals surface area contributed by atoms with Crippen LogP contribution in [0.5, 0.6) is 11.5 Å². The first-order valence-electron chi connectivity index (χ1n) is 12.6. The standard InChI is InChI=1S/C30H34N2O5/c1-35-26-13-11-23(12-14-26)15-18-31-29(34)37-30(25-8-4-3-5-9-25)16-19-32(20-17-30)28(33)22-24-7-6-10-27(21-24)36-2/h3-14,21H,15-20,22H2,1-2H3,(H,31,34). The molecular formula is C30H34N2O5. The molecule has 0 atom stereocenters. The second-order valence-corrected chi connectivity index (χ2v) is 9.18. The van der Waals surface area contributed by atoms with Crippen LogP contribution in [0.4, 0.5) is 4.79 Å². The van der Waals surface area contributed by atoms with Gasteiger partial charge in [0.05, 0.1) is 20.6 Å². The summed E-state index contributed by atoms with van der Waals surface area (Å²) in [6.07, 6.45) is 1.61. The maximum absolute atomic E-state index is 13.0. The lowest BCUT2D eigenvalue weighted by atomic mass is 9.84. The first-order valence-corrected chi connectivity index (χ1v) is 12.6. The third-order valence-corrected chi connectivity index (χ3v) is 6.84. The van der Waals surface area contributed by atoms with Gasteiger partial charge in [-0.1, -0.05) is 54.6 Å². The highest BCUT2D eigenvalue weighted by Crippen LogP contribution is 2.37. The van der Waals surface area contributed by atoms with Crippen LogP contribution in [-0.2, 0) is 28.0 Å². The molecule has 7 nitrogen and oxygen atoms in total. The number of benzene rings is 3. The van der Waals surface area contributed by atoms with Crippen molar-refractivity contribution in [2.75, 3.05) is 33.9 Å². The summed E-state index contributed by atoms with van der Waals surface area (Å²) in [4.78, 5) is 27.7. The summed E-state index contributed by atoms with van der Waals surface area (Å²) < 4.78 is 16.6. The quantitative estimate of drug-likeness (QED) is 0.458. The number of hydrogen-bond donors (Lipinski definition) is 1. The van der Waals surface area contributed by atoms with Crippen molar-refractivity contribution >= 4 is 12.0 Å². The summed E-state index contributed by atoms with van der Waals surface area (Å²) >= 11 is 0. The number of ether oxygens (including phenoxy) is 3. The smallest absolute Gasteiger partial charge is 0.408 e. The average molecular weight is 503 g/mol. The van der Waals surface area contributed by atoms with Gasteiger partial charge in [0, 0.05) is 32.5 Å². The van der Waals surface area contributed by atoms with Crippen molar-refractivity contribution in [2.24, 2.45) is 0 Å². The molecule has 3 aromatic rings. The molecule has 1 aliphatic heterocycles. The number of nitrogens with one attached hydrogen (secondary N) is 1. The molecule has 0 unspecified atom stereocenters.